The van der Waals surface area contributed by atoms with Gasteiger partial charge >= 0.3 is 6.18 Å². The molecule has 0 amide bonds. The van der Waals surface area contributed by atoms with Gasteiger partial charge in [-0.1, -0.05) is 0 Å². The van der Waals surface area contributed by atoms with Crippen molar-refractivity contribution in [2.24, 2.45) is 0 Å². The highest BCUT2D eigenvalue weighted by Gasteiger charge is 2.47. The topological polar surface area (TPSA) is 9.23 Å². The minimum absolute atomic E-state index is 0.777. The molecular weight excluding hydrogens is 183 g/mol. The molecule has 0 aliphatic carbocycles. The molecule has 2 atom stereocenters. The smallest absolute Gasteiger partial charge is 0.343 e. The third kappa shape index (κ3) is 3.85. The van der Waals surface area contributed by atoms with Crippen LogP contribution in [0.2, 0.25) is 0 Å². The van der Waals surface area contributed by atoms with E-state index in [4.69, 9.17) is 0 Å². The van der Waals surface area contributed by atoms with Crippen LogP contribution in [0.15, 0.2) is 0 Å². The van der Waals surface area contributed by atoms with Gasteiger partial charge in [0.2, 0.25) is 6.36 Å². The molecule has 0 saturated heterocycles. The lowest BCUT2D eigenvalue weighted by Gasteiger charge is -2.18. The van der Waals surface area contributed by atoms with Crippen LogP contribution in [0.4, 0.5) is 22.0 Å². The van der Waals surface area contributed by atoms with Crippen LogP contribution in [0.3, 0.4) is 0 Å². The summed E-state index contributed by atoms with van der Waals surface area (Å²) in [4.78, 5) is 0. The number of hydrogen-bond acceptors (Lipinski definition) is 1. The van der Waals surface area contributed by atoms with E-state index < -0.39 is 24.8 Å². The fraction of sp³-hybridized carbons (Fsp3) is 1.00. The van der Waals surface area contributed by atoms with Crippen molar-refractivity contribution in [3.63, 3.8) is 0 Å². The van der Waals surface area contributed by atoms with Crippen LogP contribution >= 0.6 is 0 Å². The molecule has 0 aliphatic heterocycles. The van der Waals surface area contributed by atoms with E-state index in [1.165, 1.54) is 13.8 Å². The van der Waals surface area contributed by atoms with Crippen LogP contribution in [0, 0.1) is 0 Å². The maximum absolute atomic E-state index is 12.2. The SMILES string of the molecule is CC(C)OC(F)C(F)C(F)(F)F. The fourth-order valence-electron chi connectivity index (χ4n) is 0.478. The lowest BCUT2D eigenvalue weighted by Crippen LogP contribution is -2.36. The molecule has 1 nitrogen and oxygen atoms in total. The quantitative estimate of drug-likeness (QED) is 0.624. The first-order valence-corrected chi connectivity index (χ1v) is 3.25. The zero-order chi connectivity index (χ0) is 9.94. The fourth-order valence-corrected chi connectivity index (χ4v) is 0.478. The van der Waals surface area contributed by atoms with Crippen LogP contribution < -0.4 is 0 Å². The predicted octanol–water partition coefficient (Wildman–Crippen LogP) is 2.61. The van der Waals surface area contributed by atoms with Crippen molar-refractivity contribution in [2.75, 3.05) is 0 Å². The second kappa shape index (κ2) is 4.02. The number of alkyl halides is 5. The number of hydrogen-bond donors (Lipinski definition) is 0. The normalized spacial score (nSPS) is 18.0. The zero-order valence-electron chi connectivity index (χ0n) is 6.53. The molecule has 74 valence electrons. The van der Waals surface area contributed by atoms with E-state index in [9.17, 15) is 22.0 Å². The van der Waals surface area contributed by atoms with Crippen molar-refractivity contribution < 1.29 is 26.7 Å². The molecule has 0 spiro atoms. The second-order valence-corrected chi connectivity index (χ2v) is 2.48. The van der Waals surface area contributed by atoms with Crippen molar-refractivity contribution in [3.8, 4) is 0 Å². The highest BCUT2D eigenvalue weighted by molar-refractivity contribution is 4.69. The van der Waals surface area contributed by atoms with Crippen molar-refractivity contribution in [1.29, 1.82) is 0 Å². The van der Waals surface area contributed by atoms with Crippen LogP contribution in [0.1, 0.15) is 13.8 Å². The van der Waals surface area contributed by atoms with Gasteiger partial charge in [-0.25, -0.2) is 8.78 Å². The molecule has 0 aromatic carbocycles. The monoisotopic (exact) mass is 192 g/mol. The molecular formula is C6H9F5O. The van der Waals surface area contributed by atoms with Gasteiger partial charge in [-0.3, -0.25) is 0 Å². The second-order valence-electron chi connectivity index (χ2n) is 2.48. The summed E-state index contributed by atoms with van der Waals surface area (Å²) in [6.45, 7) is 2.63. The van der Waals surface area contributed by atoms with Crippen molar-refractivity contribution >= 4 is 0 Å². The Kier molecular flexibility index (Phi) is 3.89. The standard InChI is InChI=1S/C6H9F5O/c1-3(2)12-5(8)4(7)6(9,10)11/h3-5H,1-2H3. The Labute approximate surface area is 66.5 Å². The average Bonchev–Trinajstić information content (AvgIpc) is 1.82. The Morgan fingerprint density at radius 1 is 1.08 bits per heavy atom. The van der Waals surface area contributed by atoms with E-state index >= 15 is 0 Å². The molecule has 0 fully saturated rings. The summed E-state index contributed by atoms with van der Waals surface area (Å²) in [6, 6.07) is 0. The molecule has 0 heterocycles. The summed E-state index contributed by atoms with van der Waals surface area (Å²) < 4.78 is 62.6. The van der Waals surface area contributed by atoms with Crippen LogP contribution in [0.5, 0.6) is 0 Å². The molecule has 0 radical (unpaired) electrons. The molecule has 0 rings (SSSR count). The number of rotatable bonds is 3. The molecule has 0 bridgehead atoms. The number of ether oxygens (including phenoxy) is 1. The third-order valence-corrected chi connectivity index (χ3v) is 0.945. The van der Waals surface area contributed by atoms with Gasteiger partial charge < -0.3 is 4.74 Å². The summed E-state index contributed by atoms with van der Waals surface area (Å²) in [7, 11) is 0. The first-order valence-electron chi connectivity index (χ1n) is 3.25. The third-order valence-electron chi connectivity index (χ3n) is 0.945. The largest absolute Gasteiger partial charge is 0.425 e. The first-order chi connectivity index (χ1) is 5.25. The first kappa shape index (κ1) is 11.6. The van der Waals surface area contributed by atoms with E-state index in [2.05, 4.69) is 4.74 Å². The van der Waals surface area contributed by atoms with Gasteiger partial charge in [0.15, 0.2) is 0 Å². The van der Waals surface area contributed by atoms with Gasteiger partial charge in [-0.05, 0) is 13.8 Å². The van der Waals surface area contributed by atoms with Gasteiger partial charge in [0.1, 0.15) is 0 Å². The highest BCUT2D eigenvalue weighted by atomic mass is 19.4. The molecule has 0 aromatic rings. The summed E-state index contributed by atoms with van der Waals surface area (Å²) in [5, 5.41) is 0. The van der Waals surface area contributed by atoms with Gasteiger partial charge in [0.25, 0.3) is 6.17 Å². The van der Waals surface area contributed by atoms with Crippen LogP contribution in [-0.2, 0) is 4.74 Å². The van der Waals surface area contributed by atoms with Crippen LogP contribution in [0.25, 0.3) is 0 Å². The van der Waals surface area contributed by atoms with E-state index in [0.29, 0.717) is 0 Å². The molecule has 2 unspecified atom stereocenters. The minimum atomic E-state index is -5.20. The lowest BCUT2D eigenvalue weighted by atomic mass is 10.3. The van der Waals surface area contributed by atoms with Crippen molar-refractivity contribution in [1.82, 2.24) is 0 Å². The van der Waals surface area contributed by atoms with E-state index in [-0.39, 0.29) is 0 Å². The predicted molar refractivity (Wildman–Crippen MR) is 32.1 cm³/mol. The summed E-state index contributed by atoms with van der Waals surface area (Å²) in [6.07, 6.45) is -12.5. The number of halogens is 5. The lowest BCUT2D eigenvalue weighted by molar-refractivity contribution is -0.241. The molecule has 0 N–H and O–H groups in total. The van der Waals surface area contributed by atoms with Gasteiger partial charge in [0.05, 0.1) is 6.10 Å². The van der Waals surface area contributed by atoms with Crippen LogP contribution in [-0.4, -0.2) is 24.8 Å². The maximum atomic E-state index is 12.2. The van der Waals surface area contributed by atoms with Gasteiger partial charge in [-0.15, -0.1) is 0 Å². The van der Waals surface area contributed by atoms with E-state index in [1.807, 2.05) is 0 Å². The minimum Gasteiger partial charge on any atom is -0.343 e. The molecule has 6 heteroatoms. The maximum Gasteiger partial charge on any atom is 0.425 e. The molecule has 12 heavy (non-hydrogen) atoms. The summed E-state index contributed by atoms with van der Waals surface area (Å²) >= 11 is 0. The average molecular weight is 192 g/mol. The Balaban J connectivity index is 4.01. The van der Waals surface area contributed by atoms with E-state index in [0.717, 1.165) is 0 Å². The summed E-state index contributed by atoms with van der Waals surface area (Å²) in [5.74, 6) is 0. The Bertz CT molecular complexity index is 132. The Morgan fingerprint density at radius 2 is 1.50 bits per heavy atom. The van der Waals surface area contributed by atoms with Gasteiger partial charge in [-0.2, -0.15) is 13.2 Å². The van der Waals surface area contributed by atoms with Gasteiger partial charge in [0, 0.05) is 0 Å². The highest BCUT2D eigenvalue weighted by Crippen LogP contribution is 2.27. The Morgan fingerprint density at radius 3 is 1.75 bits per heavy atom. The zero-order valence-corrected chi connectivity index (χ0v) is 6.53. The van der Waals surface area contributed by atoms with E-state index in [1.54, 1.807) is 0 Å². The molecule has 0 aliphatic rings. The molecule has 0 saturated carbocycles. The molecule has 0 aromatic heterocycles. The summed E-state index contributed by atoms with van der Waals surface area (Å²) in [5.41, 5.74) is 0. The Hall–Kier alpha value is -0.390. The van der Waals surface area contributed by atoms with Crippen molar-refractivity contribution in [2.45, 2.75) is 38.7 Å². The van der Waals surface area contributed by atoms with Crippen molar-refractivity contribution in [3.05, 3.63) is 0 Å².